The zero-order chi connectivity index (χ0) is 13.8. The molecule has 0 heterocycles. The summed E-state index contributed by atoms with van der Waals surface area (Å²) < 4.78 is 6.35. The third-order valence-corrected chi connectivity index (χ3v) is 3.67. The van der Waals surface area contributed by atoms with Gasteiger partial charge in [-0.25, -0.2) is 0 Å². The van der Waals surface area contributed by atoms with Gasteiger partial charge in [-0.05, 0) is 36.2 Å². The van der Waals surface area contributed by atoms with E-state index in [0.717, 1.165) is 32.8 Å². The second-order valence-corrected chi connectivity index (χ2v) is 5.68. The highest BCUT2D eigenvalue weighted by atomic mass is 79.9. The van der Waals surface area contributed by atoms with Crippen molar-refractivity contribution in [3.05, 3.63) is 63.1 Å². The number of rotatable bonds is 4. The normalized spacial score (nSPS) is 12.2. The summed E-state index contributed by atoms with van der Waals surface area (Å²) in [5.41, 5.74) is 8.37. The van der Waals surface area contributed by atoms with Crippen molar-refractivity contribution in [2.24, 2.45) is 5.73 Å². The molecule has 0 saturated heterocycles. The second kappa shape index (κ2) is 6.42. The topological polar surface area (TPSA) is 35.2 Å². The maximum Gasteiger partial charge on any atom is 0.124 e. The summed E-state index contributed by atoms with van der Waals surface area (Å²) in [6, 6.07) is 13.5. The fourth-order valence-corrected chi connectivity index (χ4v) is 2.57. The van der Waals surface area contributed by atoms with Crippen molar-refractivity contribution < 1.29 is 4.74 Å². The molecule has 1 unspecified atom stereocenters. The first-order valence-corrected chi connectivity index (χ1v) is 7.10. The zero-order valence-corrected chi connectivity index (χ0v) is 12.9. The summed E-state index contributed by atoms with van der Waals surface area (Å²) in [5, 5.41) is 0.729. The van der Waals surface area contributed by atoms with Crippen LogP contribution >= 0.6 is 27.5 Å². The highest BCUT2D eigenvalue weighted by molar-refractivity contribution is 9.10. The highest BCUT2D eigenvalue weighted by Crippen LogP contribution is 2.29. The average Bonchev–Trinajstić information content (AvgIpc) is 2.38. The number of ether oxygens (including phenoxy) is 1. The van der Waals surface area contributed by atoms with E-state index in [4.69, 9.17) is 22.1 Å². The third-order valence-electron chi connectivity index (χ3n) is 2.94. The summed E-state index contributed by atoms with van der Waals surface area (Å²) in [4.78, 5) is 0. The minimum absolute atomic E-state index is 0.124. The van der Waals surface area contributed by atoms with Crippen molar-refractivity contribution in [2.45, 2.75) is 12.5 Å². The van der Waals surface area contributed by atoms with Crippen LogP contribution in [-0.4, -0.2) is 7.11 Å². The van der Waals surface area contributed by atoms with Gasteiger partial charge in [0.25, 0.3) is 0 Å². The van der Waals surface area contributed by atoms with Gasteiger partial charge in [-0.1, -0.05) is 45.7 Å². The lowest BCUT2D eigenvalue weighted by Gasteiger charge is -2.16. The second-order valence-electron chi connectivity index (χ2n) is 4.33. The van der Waals surface area contributed by atoms with Gasteiger partial charge in [0, 0.05) is 21.1 Å². The first-order valence-electron chi connectivity index (χ1n) is 5.93. The van der Waals surface area contributed by atoms with Crippen molar-refractivity contribution in [2.75, 3.05) is 7.11 Å². The summed E-state index contributed by atoms with van der Waals surface area (Å²) in [5.74, 6) is 0.795. The van der Waals surface area contributed by atoms with E-state index in [0.29, 0.717) is 0 Å². The molecule has 2 aromatic carbocycles. The third kappa shape index (κ3) is 3.72. The van der Waals surface area contributed by atoms with Gasteiger partial charge in [-0.2, -0.15) is 0 Å². The molecule has 0 aliphatic rings. The molecule has 0 aliphatic heterocycles. The van der Waals surface area contributed by atoms with Crippen LogP contribution in [0.5, 0.6) is 5.75 Å². The summed E-state index contributed by atoms with van der Waals surface area (Å²) in [7, 11) is 1.65. The van der Waals surface area contributed by atoms with E-state index in [1.165, 1.54) is 0 Å². The molecule has 4 heteroatoms. The molecule has 0 fully saturated rings. The van der Waals surface area contributed by atoms with Crippen molar-refractivity contribution in [3.63, 3.8) is 0 Å². The number of hydrogen-bond acceptors (Lipinski definition) is 2. The Bertz CT molecular complexity index is 574. The van der Waals surface area contributed by atoms with E-state index in [2.05, 4.69) is 15.9 Å². The van der Waals surface area contributed by atoms with Crippen LogP contribution in [0.3, 0.4) is 0 Å². The molecule has 2 N–H and O–H groups in total. The van der Waals surface area contributed by atoms with Crippen LogP contribution in [0, 0.1) is 0 Å². The largest absolute Gasteiger partial charge is 0.496 e. The van der Waals surface area contributed by atoms with Gasteiger partial charge >= 0.3 is 0 Å². The van der Waals surface area contributed by atoms with Gasteiger partial charge in [-0.3, -0.25) is 0 Å². The van der Waals surface area contributed by atoms with Gasteiger partial charge in [0.2, 0.25) is 0 Å². The predicted octanol–water partition coefficient (Wildman–Crippen LogP) is 4.35. The number of halogens is 2. The van der Waals surface area contributed by atoms with E-state index in [-0.39, 0.29) is 6.04 Å². The Morgan fingerprint density at radius 1 is 1.26 bits per heavy atom. The van der Waals surface area contributed by atoms with Crippen LogP contribution in [0.25, 0.3) is 0 Å². The molecule has 0 saturated carbocycles. The van der Waals surface area contributed by atoms with Gasteiger partial charge in [-0.15, -0.1) is 0 Å². The Morgan fingerprint density at radius 2 is 2.05 bits per heavy atom. The molecule has 0 aliphatic carbocycles. The van der Waals surface area contributed by atoms with Crippen molar-refractivity contribution in [3.8, 4) is 5.75 Å². The van der Waals surface area contributed by atoms with Crippen molar-refractivity contribution >= 4 is 27.5 Å². The SMILES string of the molecule is COc1cc(Br)ccc1C(N)Cc1cccc(Cl)c1. The van der Waals surface area contributed by atoms with Gasteiger partial charge in [0.15, 0.2) is 0 Å². The summed E-state index contributed by atoms with van der Waals surface area (Å²) in [6.07, 6.45) is 0.721. The standard InChI is InChI=1S/C15H15BrClNO/c1-19-15-9-11(16)5-6-13(15)14(18)8-10-3-2-4-12(17)7-10/h2-7,9,14H,8,18H2,1H3. The lowest BCUT2D eigenvalue weighted by atomic mass is 9.99. The maximum absolute atomic E-state index is 6.27. The van der Waals surface area contributed by atoms with Crippen LogP contribution < -0.4 is 10.5 Å². The minimum atomic E-state index is -0.124. The fraction of sp³-hybridized carbons (Fsp3) is 0.200. The average molecular weight is 341 g/mol. The summed E-state index contributed by atoms with van der Waals surface area (Å²) >= 11 is 9.41. The number of nitrogens with two attached hydrogens (primary N) is 1. The fourth-order valence-electron chi connectivity index (χ4n) is 2.02. The molecule has 2 aromatic rings. The molecule has 19 heavy (non-hydrogen) atoms. The van der Waals surface area contributed by atoms with Gasteiger partial charge in [0.1, 0.15) is 5.75 Å². The molecular formula is C15H15BrClNO. The van der Waals surface area contributed by atoms with Gasteiger partial charge in [0.05, 0.1) is 7.11 Å². The molecule has 0 radical (unpaired) electrons. The molecule has 0 amide bonds. The molecule has 0 bridgehead atoms. The molecule has 2 nitrogen and oxygen atoms in total. The molecular weight excluding hydrogens is 326 g/mol. The van der Waals surface area contributed by atoms with E-state index < -0.39 is 0 Å². The molecule has 1 atom stereocenters. The zero-order valence-electron chi connectivity index (χ0n) is 10.6. The van der Waals surface area contributed by atoms with E-state index in [1.54, 1.807) is 7.11 Å². The number of methoxy groups -OCH3 is 1. The van der Waals surface area contributed by atoms with Gasteiger partial charge < -0.3 is 10.5 Å². The first-order chi connectivity index (χ1) is 9.10. The monoisotopic (exact) mass is 339 g/mol. The quantitative estimate of drug-likeness (QED) is 0.898. The molecule has 0 spiro atoms. The predicted molar refractivity (Wildman–Crippen MR) is 82.8 cm³/mol. The Labute approximate surface area is 126 Å². The van der Waals surface area contributed by atoms with Crippen LogP contribution in [0.15, 0.2) is 46.9 Å². The Balaban J connectivity index is 2.22. The van der Waals surface area contributed by atoms with E-state index in [1.807, 2.05) is 42.5 Å². The van der Waals surface area contributed by atoms with Crippen LogP contribution in [0.4, 0.5) is 0 Å². The van der Waals surface area contributed by atoms with Crippen LogP contribution in [0.1, 0.15) is 17.2 Å². The van der Waals surface area contributed by atoms with Crippen molar-refractivity contribution in [1.82, 2.24) is 0 Å². The molecule has 0 aromatic heterocycles. The van der Waals surface area contributed by atoms with E-state index >= 15 is 0 Å². The van der Waals surface area contributed by atoms with E-state index in [9.17, 15) is 0 Å². The number of benzene rings is 2. The minimum Gasteiger partial charge on any atom is -0.496 e. The smallest absolute Gasteiger partial charge is 0.124 e. The lowest BCUT2D eigenvalue weighted by molar-refractivity contribution is 0.405. The molecule has 100 valence electrons. The van der Waals surface area contributed by atoms with Crippen LogP contribution in [0.2, 0.25) is 5.02 Å². The first kappa shape index (κ1) is 14.4. The lowest BCUT2D eigenvalue weighted by Crippen LogP contribution is -2.14. The Morgan fingerprint density at radius 3 is 2.74 bits per heavy atom. The maximum atomic E-state index is 6.27. The number of hydrogen-bond donors (Lipinski definition) is 1. The summed E-state index contributed by atoms with van der Waals surface area (Å²) in [6.45, 7) is 0. The Hall–Kier alpha value is -1.03. The molecule has 2 rings (SSSR count). The van der Waals surface area contributed by atoms with Crippen LogP contribution in [-0.2, 0) is 6.42 Å². The Kier molecular flexibility index (Phi) is 4.86. The van der Waals surface area contributed by atoms with Crippen molar-refractivity contribution in [1.29, 1.82) is 0 Å². The highest BCUT2D eigenvalue weighted by Gasteiger charge is 2.13.